The Balaban J connectivity index is 1.53. The van der Waals surface area contributed by atoms with Crippen LogP contribution in [-0.4, -0.2) is 35.1 Å². The minimum absolute atomic E-state index is 0.208. The normalized spacial score (nSPS) is 14.8. The fourth-order valence-corrected chi connectivity index (χ4v) is 2.76. The van der Waals surface area contributed by atoms with Crippen LogP contribution in [0.1, 0.15) is 12.8 Å². The van der Waals surface area contributed by atoms with Gasteiger partial charge in [-0.05, 0) is 49.2 Å². The second-order valence-corrected chi connectivity index (χ2v) is 5.97. The van der Waals surface area contributed by atoms with Gasteiger partial charge >= 0.3 is 12.0 Å². The number of hydrogen-bond acceptors (Lipinski definition) is 3. The molecule has 6 nitrogen and oxygen atoms in total. The van der Waals surface area contributed by atoms with Crippen LogP contribution < -0.4 is 10.1 Å². The standard InChI is InChI=1S/C19H20N2O4/c22-18(23)14-10-12-21(13-11-14)19(24)20-15-6-8-17(9-7-15)25-16-4-2-1-3-5-16/h1-9,14H,10-13H2,(H,20,24)(H,22,23). The number of aliphatic carboxylic acids is 1. The number of anilines is 1. The number of carboxylic acids is 1. The predicted octanol–water partition coefficient (Wildman–Crippen LogP) is 3.81. The third-order valence-electron chi connectivity index (χ3n) is 4.22. The van der Waals surface area contributed by atoms with E-state index in [9.17, 15) is 9.59 Å². The van der Waals surface area contributed by atoms with Gasteiger partial charge < -0.3 is 20.1 Å². The molecule has 1 saturated heterocycles. The van der Waals surface area contributed by atoms with Crippen molar-refractivity contribution in [2.45, 2.75) is 12.8 Å². The lowest BCUT2D eigenvalue weighted by Gasteiger charge is -2.30. The van der Waals surface area contributed by atoms with Gasteiger partial charge in [0.05, 0.1) is 5.92 Å². The van der Waals surface area contributed by atoms with Gasteiger partial charge in [-0.25, -0.2) is 4.79 Å². The number of amides is 2. The number of hydrogen-bond donors (Lipinski definition) is 2. The van der Waals surface area contributed by atoms with E-state index in [0.29, 0.717) is 37.4 Å². The molecule has 2 N–H and O–H groups in total. The van der Waals surface area contributed by atoms with E-state index in [4.69, 9.17) is 9.84 Å². The molecule has 1 fully saturated rings. The molecule has 25 heavy (non-hydrogen) atoms. The van der Waals surface area contributed by atoms with Crippen molar-refractivity contribution in [3.63, 3.8) is 0 Å². The zero-order valence-corrected chi connectivity index (χ0v) is 13.7. The first-order valence-corrected chi connectivity index (χ1v) is 8.23. The molecule has 3 rings (SSSR count). The summed E-state index contributed by atoms with van der Waals surface area (Å²) in [5.74, 6) is 0.305. The second-order valence-electron chi connectivity index (χ2n) is 5.97. The van der Waals surface area contributed by atoms with Crippen LogP contribution in [-0.2, 0) is 4.79 Å². The monoisotopic (exact) mass is 340 g/mol. The average molecular weight is 340 g/mol. The van der Waals surface area contributed by atoms with Gasteiger partial charge in [-0.3, -0.25) is 4.79 Å². The van der Waals surface area contributed by atoms with Crippen LogP contribution in [0.5, 0.6) is 11.5 Å². The Morgan fingerprint density at radius 3 is 2.16 bits per heavy atom. The van der Waals surface area contributed by atoms with Gasteiger partial charge in [0.1, 0.15) is 11.5 Å². The predicted molar refractivity (Wildman–Crippen MR) is 93.9 cm³/mol. The van der Waals surface area contributed by atoms with E-state index < -0.39 is 5.97 Å². The Morgan fingerprint density at radius 1 is 0.960 bits per heavy atom. The summed E-state index contributed by atoms with van der Waals surface area (Å²) in [6.45, 7) is 0.913. The highest BCUT2D eigenvalue weighted by Crippen LogP contribution is 2.23. The topological polar surface area (TPSA) is 78.9 Å². The molecule has 0 spiro atoms. The van der Waals surface area contributed by atoms with Crippen LogP contribution in [0.25, 0.3) is 0 Å². The first kappa shape index (κ1) is 16.8. The number of benzene rings is 2. The maximum atomic E-state index is 12.3. The van der Waals surface area contributed by atoms with E-state index >= 15 is 0 Å². The van der Waals surface area contributed by atoms with E-state index in [0.717, 1.165) is 5.75 Å². The van der Waals surface area contributed by atoms with Crippen LogP contribution in [0.4, 0.5) is 10.5 Å². The number of ether oxygens (including phenoxy) is 1. The van der Waals surface area contributed by atoms with Crippen LogP contribution in [0.15, 0.2) is 54.6 Å². The van der Waals surface area contributed by atoms with E-state index in [2.05, 4.69) is 5.32 Å². The Morgan fingerprint density at radius 2 is 1.56 bits per heavy atom. The van der Waals surface area contributed by atoms with Crippen molar-refractivity contribution >= 4 is 17.7 Å². The SMILES string of the molecule is O=C(O)C1CCN(C(=O)Nc2ccc(Oc3ccccc3)cc2)CC1. The maximum absolute atomic E-state index is 12.3. The number of piperidine rings is 1. The molecular formula is C19H20N2O4. The van der Waals surface area contributed by atoms with Crippen LogP contribution in [0, 0.1) is 5.92 Å². The van der Waals surface area contributed by atoms with Crippen molar-refractivity contribution in [2.24, 2.45) is 5.92 Å². The van der Waals surface area contributed by atoms with Gasteiger partial charge in [-0.15, -0.1) is 0 Å². The molecule has 2 aromatic carbocycles. The number of rotatable bonds is 4. The molecule has 0 unspecified atom stereocenters. The summed E-state index contributed by atoms with van der Waals surface area (Å²) < 4.78 is 5.71. The molecule has 130 valence electrons. The molecule has 0 bridgehead atoms. The summed E-state index contributed by atoms with van der Waals surface area (Å²) >= 11 is 0. The van der Waals surface area contributed by atoms with Crippen molar-refractivity contribution < 1.29 is 19.4 Å². The zero-order valence-electron chi connectivity index (χ0n) is 13.7. The zero-order chi connectivity index (χ0) is 17.6. The van der Waals surface area contributed by atoms with Crippen molar-refractivity contribution in [3.05, 3.63) is 54.6 Å². The molecule has 0 aliphatic carbocycles. The van der Waals surface area contributed by atoms with Crippen LogP contribution >= 0.6 is 0 Å². The largest absolute Gasteiger partial charge is 0.481 e. The number of carbonyl (C=O) groups is 2. The lowest BCUT2D eigenvalue weighted by atomic mass is 9.97. The van der Waals surface area contributed by atoms with Crippen LogP contribution in [0.2, 0.25) is 0 Å². The number of para-hydroxylation sites is 1. The van der Waals surface area contributed by atoms with E-state index in [-0.39, 0.29) is 11.9 Å². The molecular weight excluding hydrogens is 320 g/mol. The summed E-state index contributed by atoms with van der Waals surface area (Å²) in [5, 5.41) is 11.8. The molecule has 6 heteroatoms. The average Bonchev–Trinajstić information content (AvgIpc) is 2.64. The smallest absolute Gasteiger partial charge is 0.321 e. The molecule has 0 atom stereocenters. The Kier molecular flexibility index (Phi) is 5.18. The van der Waals surface area contributed by atoms with Crippen molar-refractivity contribution in [1.82, 2.24) is 4.90 Å². The van der Waals surface area contributed by atoms with Gasteiger partial charge in [-0.2, -0.15) is 0 Å². The fraction of sp³-hybridized carbons (Fsp3) is 0.263. The van der Waals surface area contributed by atoms with Crippen molar-refractivity contribution in [2.75, 3.05) is 18.4 Å². The molecule has 0 saturated carbocycles. The van der Waals surface area contributed by atoms with Gasteiger partial charge in [-0.1, -0.05) is 18.2 Å². The van der Waals surface area contributed by atoms with E-state index in [1.54, 1.807) is 29.2 Å². The molecule has 1 aliphatic heterocycles. The summed E-state index contributed by atoms with van der Waals surface area (Å²) in [6.07, 6.45) is 0.985. The number of nitrogens with one attached hydrogen (secondary N) is 1. The summed E-state index contributed by atoms with van der Waals surface area (Å²) in [6, 6.07) is 16.4. The lowest BCUT2D eigenvalue weighted by Crippen LogP contribution is -2.42. The van der Waals surface area contributed by atoms with Crippen molar-refractivity contribution in [1.29, 1.82) is 0 Å². The summed E-state index contributed by atoms with van der Waals surface area (Å²) in [7, 11) is 0. The van der Waals surface area contributed by atoms with E-state index in [1.807, 2.05) is 30.3 Å². The second kappa shape index (κ2) is 7.70. The van der Waals surface area contributed by atoms with Gasteiger partial charge in [0.2, 0.25) is 0 Å². The highest BCUT2D eigenvalue weighted by atomic mass is 16.5. The quantitative estimate of drug-likeness (QED) is 0.887. The highest BCUT2D eigenvalue weighted by Gasteiger charge is 2.26. The van der Waals surface area contributed by atoms with Gasteiger partial charge in [0.15, 0.2) is 0 Å². The number of nitrogens with zero attached hydrogens (tertiary/aromatic N) is 1. The Hall–Kier alpha value is -3.02. The molecule has 0 aromatic heterocycles. The minimum Gasteiger partial charge on any atom is -0.481 e. The number of likely N-dealkylation sites (tertiary alicyclic amines) is 1. The minimum atomic E-state index is -0.783. The van der Waals surface area contributed by atoms with Gasteiger partial charge in [0.25, 0.3) is 0 Å². The van der Waals surface area contributed by atoms with E-state index in [1.165, 1.54) is 0 Å². The number of carbonyl (C=O) groups excluding carboxylic acids is 1. The number of urea groups is 1. The summed E-state index contributed by atoms with van der Waals surface area (Å²) in [4.78, 5) is 24.9. The third kappa shape index (κ3) is 4.50. The fourth-order valence-electron chi connectivity index (χ4n) is 2.76. The molecule has 1 heterocycles. The summed E-state index contributed by atoms with van der Waals surface area (Å²) in [5.41, 5.74) is 0.672. The maximum Gasteiger partial charge on any atom is 0.321 e. The molecule has 1 aliphatic rings. The molecule has 2 amide bonds. The number of carboxylic acid groups (broad SMARTS) is 1. The Bertz CT molecular complexity index is 723. The first-order valence-electron chi connectivity index (χ1n) is 8.23. The van der Waals surface area contributed by atoms with Crippen LogP contribution in [0.3, 0.4) is 0 Å². The molecule has 2 aromatic rings. The van der Waals surface area contributed by atoms with Crippen molar-refractivity contribution in [3.8, 4) is 11.5 Å². The highest BCUT2D eigenvalue weighted by molar-refractivity contribution is 5.89. The first-order chi connectivity index (χ1) is 12.1. The lowest BCUT2D eigenvalue weighted by molar-refractivity contribution is -0.143. The molecule has 0 radical (unpaired) electrons. The van der Waals surface area contributed by atoms with Gasteiger partial charge in [0, 0.05) is 18.8 Å². The Labute approximate surface area is 146 Å². The third-order valence-corrected chi connectivity index (χ3v) is 4.22.